The van der Waals surface area contributed by atoms with Crippen LogP contribution in [0.5, 0.6) is 0 Å². The van der Waals surface area contributed by atoms with Crippen LogP contribution >= 0.6 is 0 Å². The zero-order chi connectivity index (χ0) is 33.1. The highest BCUT2D eigenvalue weighted by Gasteiger charge is 2.64. The largest absolute Gasteiger partial charge is 0.456 e. The number of rotatable bonds is 12. The molecule has 0 radical (unpaired) electrons. The summed E-state index contributed by atoms with van der Waals surface area (Å²) in [5, 5.41) is 14.6. The lowest BCUT2D eigenvalue weighted by Crippen LogP contribution is -2.44. The molecule has 3 N–H and O–H groups in total. The Morgan fingerprint density at radius 3 is 2.34 bits per heavy atom. The standard InChI is InChI=1S/C36H41N3O8/c1-39(2)31(41)15-8-22-6-9-24(10-7-22)35(44)45-29-19-26(20-30-32(29)47-36(46-30,27-11-12-27)28-13-14-28)34(43)38-21-23-4-3-5-25(18-23)33(42)37-16-17-40/h3-10,15,18,20,27-30,32,40H,11-14,16-17,19,21H2,1-2H3,(H,37,42)(H,38,43)/t29-,30-,32+/m1/s1. The number of likely N-dealkylation sites (N-methyl/N-ethyl adjacent to an activating group) is 1. The van der Waals surface area contributed by atoms with Crippen LogP contribution in [0.3, 0.4) is 0 Å². The summed E-state index contributed by atoms with van der Waals surface area (Å²) >= 11 is 0. The van der Waals surface area contributed by atoms with Crippen molar-refractivity contribution in [1.82, 2.24) is 15.5 Å². The minimum absolute atomic E-state index is 0.143. The number of benzene rings is 2. The average Bonchev–Trinajstić information content (AvgIpc) is 4.02. The van der Waals surface area contributed by atoms with Gasteiger partial charge in [-0.15, -0.1) is 0 Å². The van der Waals surface area contributed by atoms with Crippen LogP contribution in [0, 0.1) is 11.8 Å². The molecule has 3 aliphatic carbocycles. The number of fused-ring (bicyclic) bond motifs is 1. The number of carbonyl (C=O) groups is 4. The molecule has 11 nitrogen and oxygen atoms in total. The number of carbonyl (C=O) groups excluding carboxylic acids is 4. The van der Waals surface area contributed by atoms with Gasteiger partial charge in [0.1, 0.15) is 18.3 Å². The maximum absolute atomic E-state index is 13.5. The SMILES string of the molecule is CN(C)C(=O)C=Cc1ccc(C(=O)O[C@@H]2CC(C(=O)NCc3cccc(C(=O)NCCO)c3)=C[C@H]3OC(C4CC4)(C4CC4)O[C@H]32)cc1. The van der Waals surface area contributed by atoms with Gasteiger partial charge in [-0.2, -0.15) is 0 Å². The van der Waals surface area contributed by atoms with E-state index in [-0.39, 0.29) is 43.8 Å². The first-order valence-electron chi connectivity index (χ1n) is 16.2. The number of hydrogen-bond acceptors (Lipinski definition) is 8. The summed E-state index contributed by atoms with van der Waals surface area (Å²) in [5.74, 6) is -1.43. The lowest BCUT2D eigenvalue weighted by atomic mass is 9.91. The molecular weight excluding hydrogens is 602 g/mol. The molecule has 2 saturated carbocycles. The third-order valence-corrected chi connectivity index (χ3v) is 9.01. The highest BCUT2D eigenvalue weighted by molar-refractivity contribution is 5.95. The van der Waals surface area contributed by atoms with E-state index in [1.54, 1.807) is 62.6 Å². The summed E-state index contributed by atoms with van der Waals surface area (Å²) < 4.78 is 19.4. The fourth-order valence-electron chi connectivity index (χ4n) is 6.21. The van der Waals surface area contributed by atoms with Gasteiger partial charge in [-0.1, -0.05) is 24.3 Å². The van der Waals surface area contributed by atoms with Crippen molar-refractivity contribution in [2.75, 3.05) is 27.2 Å². The van der Waals surface area contributed by atoms with Crippen molar-refractivity contribution in [2.24, 2.45) is 11.8 Å². The molecule has 47 heavy (non-hydrogen) atoms. The van der Waals surface area contributed by atoms with Gasteiger partial charge in [0.05, 0.1) is 12.2 Å². The molecule has 1 aliphatic heterocycles. The van der Waals surface area contributed by atoms with Gasteiger partial charge >= 0.3 is 5.97 Å². The minimum atomic E-state index is -0.742. The monoisotopic (exact) mass is 643 g/mol. The normalized spacial score (nSPS) is 23.0. The first-order chi connectivity index (χ1) is 22.7. The first kappa shape index (κ1) is 32.6. The second kappa shape index (κ2) is 13.8. The van der Waals surface area contributed by atoms with Gasteiger partial charge in [-0.25, -0.2) is 4.79 Å². The van der Waals surface area contributed by atoms with Gasteiger partial charge in [-0.3, -0.25) is 14.4 Å². The number of hydrogen-bond donors (Lipinski definition) is 3. The molecule has 0 spiro atoms. The fraction of sp³-hybridized carbons (Fsp3) is 0.444. The van der Waals surface area contributed by atoms with Crippen LogP contribution in [0.4, 0.5) is 0 Å². The molecule has 0 bridgehead atoms. The van der Waals surface area contributed by atoms with Crippen molar-refractivity contribution in [3.63, 3.8) is 0 Å². The zero-order valence-electron chi connectivity index (χ0n) is 26.6. The van der Waals surface area contributed by atoms with E-state index >= 15 is 0 Å². The lowest BCUT2D eigenvalue weighted by Gasteiger charge is -2.31. The van der Waals surface area contributed by atoms with Crippen molar-refractivity contribution < 1.29 is 38.5 Å². The third-order valence-electron chi connectivity index (χ3n) is 9.01. The first-order valence-corrected chi connectivity index (χ1v) is 16.2. The average molecular weight is 644 g/mol. The molecule has 3 amide bonds. The molecule has 6 rings (SSSR count). The summed E-state index contributed by atoms with van der Waals surface area (Å²) in [6.45, 7) is 0.177. The molecule has 248 valence electrons. The predicted molar refractivity (Wildman–Crippen MR) is 172 cm³/mol. The highest BCUT2D eigenvalue weighted by Crippen LogP contribution is 2.59. The van der Waals surface area contributed by atoms with E-state index in [4.69, 9.17) is 19.3 Å². The molecule has 1 heterocycles. The van der Waals surface area contributed by atoms with E-state index in [0.717, 1.165) is 36.8 Å². The van der Waals surface area contributed by atoms with E-state index in [0.29, 0.717) is 28.5 Å². The van der Waals surface area contributed by atoms with Crippen LogP contribution in [0.25, 0.3) is 6.08 Å². The number of esters is 1. The molecule has 2 aromatic rings. The molecule has 4 aliphatic rings. The summed E-state index contributed by atoms with van der Waals surface area (Å²) in [6, 6.07) is 13.7. The maximum Gasteiger partial charge on any atom is 0.338 e. The molecule has 0 aromatic heterocycles. The Morgan fingerprint density at radius 2 is 1.68 bits per heavy atom. The molecule has 0 unspecified atom stereocenters. The topological polar surface area (TPSA) is 144 Å². The summed E-state index contributed by atoms with van der Waals surface area (Å²) in [4.78, 5) is 52.6. The van der Waals surface area contributed by atoms with E-state index in [2.05, 4.69) is 10.6 Å². The van der Waals surface area contributed by atoms with E-state index in [1.165, 1.54) is 11.0 Å². The van der Waals surface area contributed by atoms with Gasteiger partial charge in [0.15, 0.2) is 5.79 Å². The Labute approximate surface area is 273 Å². The Kier molecular flexibility index (Phi) is 9.58. The Morgan fingerprint density at radius 1 is 0.957 bits per heavy atom. The highest BCUT2D eigenvalue weighted by atomic mass is 16.8. The Hall–Kier alpha value is -4.32. The molecular formula is C36H41N3O8. The van der Waals surface area contributed by atoms with Crippen LogP contribution in [-0.4, -0.2) is 85.0 Å². The van der Waals surface area contributed by atoms with Gasteiger partial charge in [0.25, 0.3) is 5.91 Å². The van der Waals surface area contributed by atoms with Gasteiger partial charge in [-0.05, 0) is 73.2 Å². The van der Waals surface area contributed by atoms with Crippen LogP contribution < -0.4 is 10.6 Å². The van der Waals surface area contributed by atoms with Gasteiger partial charge < -0.3 is 34.9 Å². The second-order valence-corrected chi connectivity index (χ2v) is 12.8. The van der Waals surface area contributed by atoms with Crippen molar-refractivity contribution in [3.05, 3.63) is 88.5 Å². The maximum atomic E-state index is 13.5. The van der Waals surface area contributed by atoms with E-state index in [9.17, 15) is 19.2 Å². The van der Waals surface area contributed by atoms with Crippen molar-refractivity contribution in [1.29, 1.82) is 0 Å². The van der Waals surface area contributed by atoms with Crippen LogP contribution in [0.2, 0.25) is 0 Å². The lowest BCUT2D eigenvalue weighted by molar-refractivity contribution is -0.209. The number of aliphatic hydroxyl groups excluding tert-OH is 1. The Balaban J connectivity index is 1.16. The van der Waals surface area contributed by atoms with Crippen LogP contribution in [0.15, 0.2) is 66.3 Å². The summed E-state index contributed by atoms with van der Waals surface area (Å²) in [5.41, 5.74) is 2.71. The smallest absolute Gasteiger partial charge is 0.338 e. The number of ether oxygens (including phenoxy) is 3. The number of aliphatic hydroxyl groups is 1. The van der Waals surface area contributed by atoms with Crippen molar-refractivity contribution in [3.8, 4) is 0 Å². The van der Waals surface area contributed by atoms with Gasteiger partial charge in [0.2, 0.25) is 11.8 Å². The summed E-state index contributed by atoms with van der Waals surface area (Å²) in [7, 11) is 3.35. The van der Waals surface area contributed by atoms with Crippen molar-refractivity contribution in [2.45, 2.75) is 62.7 Å². The second-order valence-electron chi connectivity index (χ2n) is 12.8. The number of nitrogens with zero attached hydrogens (tertiary/aromatic N) is 1. The molecule has 3 atom stereocenters. The van der Waals surface area contributed by atoms with E-state index < -0.39 is 30.1 Å². The van der Waals surface area contributed by atoms with Gasteiger partial charge in [0, 0.05) is 62.7 Å². The number of amides is 3. The quantitative estimate of drug-likeness (QED) is 0.237. The minimum Gasteiger partial charge on any atom is -0.456 e. The number of nitrogens with one attached hydrogen (secondary N) is 2. The molecule has 3 fully saturated rings. The molecule has 11 heteroatoms. The predicted octanol–water partition coefficient (Wildman–Crippen LogP) is 2.98. The van der Waals surface area contributed by atoms with E-state index in [1.807, 2.05) is 12.1 Å². The van der Waals surface area contributed by atoms with Crippen LogP contribution in [0.1, 0.15) is 63.9 Å². The Bertz CT molecular complexity index is 1560. The van der Waals surface area contributed by atoms with Crippen LogP contribution in [-0.2, 0) is 30.3 Å². The molecule has 1 saturated heterocycles. The summed E-state index contributed by atoms with van der Waals surface area (Å²) in [6.07, 6.45) is 7.39. The zero-order valence-corrected chi connectivity index (χ0v) is 26.6. The van der Waals surface area contributed by atoms with Crippen molar-refractivity contribution >= 4 is 29.8 Å². The third kappa shape index (κ3) is 7.48. The fourth-order valence-corrected chi connectivity index (χ4v) is 6.21. The molecule has 2 aromatic carbocycles.